The molecular formula is C16H26N2O3. The van der Waals surface area contributed by atoms with Crippen molar-refractivity contribution in [2.75, 3.05) is 0 Å². The Balaban J connectivity index is 2.50. The van der Waals surface area contributed by atoms with Gasteiger partial charge in [-0.15, -0.1) is 0 Å². The lowest BCUT2D eigenvalue weighted by atomic mass is 10.0. The average Bonchev–Trinajstić information content (AvgIpc) is 2.94. The van der Waals surface area contributed by atoms with Gasteiger partial charge in [0, 0.05) is 6.42 Å². The monoisotopic (exact) mass is 294 g/mol. The summed E-state index contributed by atoms with van der Waals surface area (Å²) in [6.45, 7) is 6.44. The maximum absolute atomic E-state index is 12.2. The van der Waals surface area contributed by atoms with Crippen LogP contribution in [0, 0.1) is 5.92 Å². The van der Waals surface area contributed by atoms with Crippen molar-refractivity contribution in [2.45, 2.75) is 59.0 Å². The Morgan fingerprint density at radius 1 is 1.33 bits per heavy atom. The quantitative estimate of drug-likeness (QED) is 0.735. The Morgan fingerprint density at radius 2 is 2.10 bits per heavy atom. The van der Waals surface area contributed by atoms with Gasteiger partial charge in [0.25, 0.3) is 0 Å². The topological polar surface area (TPSA) is 71.3 Å². The van der Waals surface area contributed by atoms with Crippen molar-refractivity contribution < 1.29 is 14.0 Å². The fourth-order valence-electron chi connectivity index (χ4n) is 2.02. The van der Waals surface area contributed by atoms with Crippen molar-refractivity contribution in [3.63, 3.8) is 0 Å². The number of furan rings is 1. The fraction of sp³-hybridized carbons (Fsp3) is 0.625. The minimum absolute atomic E-state index is 0.0596. The summed E-state index contributed by atoms with van der Waals surface area (Å²) in [7, 11) is 0. The molecule has 1 heterocycles. The number of unbranched alkanes of at least 4 members (excludes halogenated alkanes) is 1. The highest BCUT2D eigenvalue weighted by molar-refractivity contribution is 5.87. The summed E-state index contributed by atoms with van der Waals surface area (Å²) in [5, 5.41) is 5.64. The van der Waals surface area contributed by atoms with Crippen LogP contribution in [0.15, 0.2) is 22.8 Å². The molecule has 0 aliphatic rings. The third-order valence-corrected chi connectivity index (χ3v) is 3.13. The van der Waals surface area contributed by atoms with E-state index in [1.807, 2.05) is 20.8 Å². The van der Waals surface area contributed by atoms with E-state index in [2.05, 4.69) is 10.6 Å². The van der Waals surface area contributed by atoms with Crippen LogP contribution in [0.25, 0.3) is 0 Å². The molecule has 0 spiro atoms. The van der Waals surface area contributed by atoms with Crippen LogP contribution >= 0.6 is 0 Å². The molecule has 0 saturated carbocycles. The van der Waals surface area contributed by atoms with Crippen LogP contribution in [0.1, 0.15) is 52.2 Å². The third kappa shape index (κ3) is 6.97. The number of hydrogen-bond acceptors (Lipinski definition) is 3. The molecule has 0 fully saturated rings. The van der Waals surface area contributed by atoms with Crippen LogP contribution in [0.5, 0.6) is 0 Å². The van der Waals surface area contributed by atoms with Gasteiger partial charge in [0.05, 0.1) is 12.8 Å². The van der Waals surface area contributed by atoms with Gasteiger partial charge in [-0.2, -0.15) is 0 Å². The molecule has 0 bridgehead atoms. The van der Waals surface area contributed by atoms with E-state index < -0.39 is 6.04 Å². The first-order valence-corrected chi connectivity index (χ1v) is 7.62. The lowest BCUT2D eigenvalue weighted by Crippen LogP contribution is -2.47. The van der Waals surface area contributed by atoms with Crippen molar-refractivity contribution in [2.24, 2.45) is 5.92 Å². The SMILES string of the molecule is CCCCC(=O)N[C@@H](CC(C)C)C(=O)NCc1ccco1. The molecule has 0 unspecified atom stereocenters. The van der Waals surface area contributed by atoms with Crippen LogP contribution < -0.4 is 10.6 Å². The predicted octanol–water partition coefficient (Wildman–Crippen LogP) is 2.62. The van der Waals surface area contributed by atoms with Gasteiger partial charge in [-0.3, -0.25) is 9.59 Å². The van der Waals surface area contributed by atoms with E-state index in [1.165, 1.54) is 0 Å². The molecule has 1 aromatic rings. The molecule has 0 radical (unpaired) electrons. The van der Waals surface area contributed by atoms with Crippen LogP contribution in [0.4, 0.5) is 0 Å². The lowest BCUT2D eigenvalue weighted by molar-refractivity contribution is -0.129. The highest BCUT2D eigenvalue weighted by Gasteiger charge is 2.21. The fourth-order valence-corrected chi connectivity index (χ4v) is 2.02. The second kappa shape index (κ2) is 9.21. The van der Waals surface area contributed by atoms with E-state index in [0.29, 0.717) is 31.1 Å². The summed E-state index contributed by atoms with van der Waals surface area (Å²) >= 11 is 0. The van der Waals surface area contributed by atoms with E-state index in [-0.39, 0.29) is 11.8 Å². The number of rotatable bonds is 9. The molecule has 1 aromatic heterocycles. The van der Waals surface area contributed by atoms with Crippen LogP contribution in [0.3, 0.4) is 0 Å². The van der Waals surface area contributed by atoms with Gasteiger partial charge in [-0.1, -0.05) is 27.2 Å². The lowest BCUT2D eigenvalue weighted by Gasteiger charge is -2.20. The number of carbonyl (C=O) groups is 2. The summed E-state index contributed by atoms with van der Waals surface area (Å²) < 4.78 is 5.18. The van der Waals surface area contributed by atoms with Crippen molar-refractivity contribution in [3.05, 3.63) is 24.2 Å². The molecule has 5 nitrogen and oxygen atoms in total. The summed E-state index contributed by atoms with van der Waals surface area (Å²) in [5.74, 6) is 0.806. The Morgan fingerprint density at radius 3 is 2.67 bits per heavy atom. The average molecular weight is 294 g/mol. The van der Waals surface area contributed by atoms with E-state index in [0.717, 1.165) is 12.8 Å². The standard InChI is InChI=1S/C16H26N2O3/c1-4-5-8-15(19)18-14(10-12(2)3)16(20)17-11-13-7-6-9-21-13/h6-7,9,12,14H,4-5,8,10-11H2,1-3H3,(H,17,20)(H,18,19)/t14-/m0/s1. The number of carbonyl (C=O) groups excluding carboxylic acids is 2. The van der Waals surface area contributed by atoms with E-state index in [9.17, 15) is 9.59 Å². The van der Waals surface area contributed by atoms with Gasteiger partial charge in [0.15, 0.2) is 0 Å². The Hall–Kier alpha value is -1.78. The molecular weight excluding hydrogens is 268 g/mol. The Kier molecular flexibility index (Phi) is 7.58. The van der Waals surface area contributed by atoms with Gasteiger partial charge in [0.1, 0.15) is 11.8 Å². The van der Waals surface area contributed by atoms with E-state index >= 15 is 0 Å². The van der Waals surface area contributed by atoms with Crippen LogP contribution in [-0.2, 0) is 16.1 Å². The smallest absolute Gasteiger partial charge is 0.242 e. The number of amides is 2. The van der Waals surface area contributed by atoms with Crippen LogP contribution in [-0.4, -0.2) is 17.9 Å². The van der Waals surface area contributed by atoms with Crippen molar-refractivity contribution >= 4 is 11.8 Å². The molecule has 2 amide bonds. The van der Waals surface area contributed by atoms with Gasteiger partial charge in [-0.05, 0) is 30.9 Å². The molecule has 0 aliphatic heterocycles. The minimum Gasteiger partial charge on any atom is -0.467 e. The molecule has 1 atom stereocenters. The zero-order valence-electron chi connectivity index (χ0n) is 13.1. The first-order chi connectivity index (χ1) is 10.0. The zero-order valence-corrected chi connectivity index (χ0v) is 13.1. The highest BCUT2D eigenvalue weighted by atomic mass is 16.3. The van der Waals surface area contributed by atoms with Gasteiger partial charge < -0.3 is 15.1 Å². The molecule has 2 N–H and O–H groups in total. The molecule has 1 rings (SSSR count). The largest absolute Gasteiger partial charge is 0.467 e. The maximum Gasteiger partial charge on any atom is 0.242 e. The summed E-state index contributed by atoms with van der Waals surface area (Å²) in [6, 6.07) is 3.10. The zero-order chi connectivity index (χ0) is 15.7. The summed E-state index contributed by atoms with van der Waals surface area (Å²) in [5.41, 5.74) is 0. The normalized spacial score (nSPS) is 12.2. The van der Waals surface area contributed by atoms with Gasteiger partial charge >= 0.3 is 0 Å². The molecule has 5 heteroatoms. The predicted molar refractivity (Wildman–Crippen MR) is 81.5 cm³/mol. The Labute approximate surface area is 126 Å². The van der Waals surface area contributed by atoms with E-state index in [1.54, 1.807) is 18.4 Å². The van der Waals surface area contributed by atoms with Gasteiger partial charge in [0.2, 0.25) is 11.8 Å². The first kappa shape index (κ1) is 17.3. The molecule has 0 aromatic carbocycles. The first-order valence-electron chi connectivity index (χ1n) is 7.62. The molecule has 21 heavy (non-hydrogen) atoms. The highest BCUT2D eigenvalue weighted by Crippen LogP contribution is 2.07. The van der Waals surface area contributed by atoms with Gasteiger partial charge in [-0.25, -0.2) is 0 Å². The van der Waals surface area contributed by atoms with Crippen molar-refractivity contribution in [3.8, 4) is 0 Å². The minimum atomic E-state index is -0.482. The number of nitrogens with one attached hydrogen (secondary N) is 2. The second-order valence-electron chi connectivity index (χ2n) is 5.65. The molecule has 0 saturated heterocycles. The molecule has 0 aliphatic carbocycles. The molecule has 118 valence electrons. The van der Waals surface area contributed by atoms with Crippen molar-refractivity contribution in [1.82, 2.24) is 10.6 Å². The summed E-state index contributed by atoms with van der Waals surface area (Å²) in [6.07, 6.45) is 4.47. The van der Waals surface area contributed by atoms with Crippen molar-refractivity contribution in [1.29, 1.82) is 0 Å². The summed E-state index contributed by atoms with van der Waals surface area (Å²) in [4.78, 5) is 24.0. The second-order valence-corrected chi connectivity index (χ2v) is 5.65. The third-order valence-electron chi connectivity index (χ3n) is 3.13. The van der Waals surface area contributed by atoms with E-state index in [4.69, 9.17) is 4.42 Å². The Bertz CT molecular complexity index is 427. The maximum atomic E-state index is 12.2. The van der Waals surface area contributed by atoms with Crippen LogP contribution in [0.2, 0.25) is 0 Å². The number of hydrogen-bond donors (Lipinski definition) is 2.